The molecule has 3 heterocycles. The van der Waals surface area contributed by atoms with Gasteiger partial charge in [-0.1, -0.05) is 29.8 Å². The third-order valence-corrected chi connectivity index (χ3v) is 5.86. The van der Waals surface area contributed by atoms with Crippen LogP contribution in [0, 0.1) is 0 Å². The smallest absolute Gasteiger partial charge is 0.257 e. The maximum Gasteiger partial charge on any atom is 0.257 e. The van der Waals surface area contributed by atoms with Crippen molar-refractivity contribution in [3.8, 4) is 0 Å². The Morgan fingerprint density at radius 1 is 1.31 bits per heavy atom. The van der Waals surface area contributed by atoms with Crippen LogP contribution in [0.1, 0.15) is 41.6 Å². The third-order valence-electron chi connectivity index (χ3n) is 5.49. The molecule has 1 N–H and O–H groups in total. The number of piperidine rings is 1. The molecule has 0 spiro atoms. The molecule has 2 aliphatic heterocycles. The molecular formula is C19H24Cl2N4O. The zero-order chi connectivity index (χ0) is 17.4. The first-order chi connectivity index (χ1) is 12.1. The Balaban J connectivity index is 0.00000196. The Morgan fingerprint density at radius 2 is 2.00 bits per heavy atom. The molecule has 1 aromatic heterocycles. The predicted molar refractivity (Wildman–Crippen MR) is 105 cm³/mol. The topological polar surface area (TPSA) is 50.2 Å². The quantitative estimate of drug-likeness (QED) is 0.864. The largest absolute Gasteiger partial charge is 0.339 e. The SMILES string of the molecule is CN(C(=O)c1cnn(Cc2ccccc2Cl)c1)C1CC2CCC(C1)N2.Cl. The number of fused-ring (bicyclic) bond motifs is 2. The van der Waals surface area contributed by atoms with Gasteiger partial charge in [-0.2, -0.15) is 5.10 Å². The number of nitrogens with zero attached hydrogens (tertiary/aromatic N) is 3. The summed E-state index contributed by atoms with van der Waals surface area (Å²) in [6.07, 6.45) is 8.04. The van der Waals surface area contributed by atoms with Crippen LogP contribution in [0.2, 0.25) is 5.02 Å². The highest BCUT2D eigenvalue weighted by atomic mass is 35.5. The minimum atomic E-state index is 0. The molecule has 2 atom stereocenters. The number of carbonyl (C=O) groups excluding carboxylic acids is 1. The summed E-state index contributed by atoms with van der Waals surface area (Å²) in [4.78, 5) is 14.7. The second kappa shape index (κ2) is 7.99. The molecule has 2 bridgehead atoms. The zero-order valence-electron chi connectivity index (χ0n) is 14.8. The van der Waals surface area contributed by atoms with Gasteiger partial charge in [0.25, 0.3) is 5.91 Å². The van der Waals surface area contributed by atoms with E-state index in [9.17, 15) is 4.79 Å². The van der Waals surface area contributed by atoms with Gasteiger partial charge in [-0.25, -0.2) is 0 Å². The van der Waals surface area contributed by atoms with Gasteiger partial charge in [-0.05, 0) is 37.3 Å². The molecule has 0 saturated carbocycles. The first-order valence-electron chi connectivity index (χ1n) is 8.89. The van der Waals surface area contributed by atoms with Crippen LogP contribution >= 0.6 is 24.0 Å². The number of halogens is 2. The second-order valence-corrected chi connectivity index (χ2v) is 7.60. The molecule has 7 heteroatoms. The van der Waals surface area contributed by atoms with Gasteiger partial charge < -0.3 is 10.2 Å². The standard InChI is InChI=1S/C19H23ClN4O.ClH/c1-23(17-8-15-6-7-16(9-17)22-15)19(25)14-10-21-24(12-14)11-13-4-2-3-5-18(13)20;/h2-5,10,12,15-17,22H,6-9,11H2,1H3;1H. The van der Waals surface area contributed by atoms with E-state index in [0.29, 0.717) is 35.3 Å². The summed E-state index contributed by atoms with van der Waals surface area (Å²) in [5.41, 5.74) is 1.63. The van der Waals surface area contributed by atoms with Crippen LogP contribution in [0.5, 0.6) is 0 Å². The van der Waals surface area contributed by atoms with E-state index in [-0.39, 0.29) is 18.3 Å². The van der Waals surface area contributed by atoms with Gasteiger partial charge in [0.1, 0.15) is 0 Å². The first kappa shape index (κ1) is 19.2. The van der Waals surface area contributed by atoms with Crippen molar-refractivity contribution in [3.63, 3.8) is 0 Å². The minimum absolute atomic E-state index is 0. The van der Waals surface area contributed by atoms with Crippen molar-refractivity contribution in [2.75, 3.05) is 7.05 Å². The lowest BCUT2D eigenvalue weighted by Crippen LogP contribution is -2.48. The predicted octanol–water partition coefficient (Wildman–Crippen LogP) is 3.36. The van der Waals surface area contributed by atoms with Crippen LogP contribution in [0.4, 0.5) is 0 Å². The molecule has 0 aliphatic carbocycles. The molecule has 2 aromatic rings. The minimum Gasteiger partial charge on any atom is -0.339 e. The van der Waals surface area contributed by atoms with Crippen molar-refractivity contribution < 1.29 is 4.79 Å². The molecule has 140 valence electrons. The average Bonchev–Trinajstić information content (AvgIpc) is 3.22. The van der Waals surface area contributed by atoms with Crippen molar-refractivity contribution in [2.45, 2.75) is 50.4 Å². The van der Waals surface area contributed by atoms with Gasteiger partial charge in [0.2, 0.25) is 0 Å². The molecule has 1 aromatic carbocycles. The van der Waals surface area contributed by atoms with Crippen LogP contribution in [0.25, 0.3) is 0 Å². The maximum absolute atomic E-state index is 12.8. The normalized spacial score (nSPS) is 24.2. The summed E-state index contributed by atoms with van der Waals surface area (Å²) < 4.78 is 1.77. The number of aromatic nitrogens is 2. The number of amides is 1. The molecule has 1 amide bonds. The third kappa shape index (κ3) is 3.90. The fraction of sp³-hybridized carbons (Fsp3) is 0.474. The number of benzene rings is 1. The summed E-state index contributed by atoms with van der Waals surface area (Å²) in [5.74, 6) is 0.0525. The van der Waals surface area contributed by atoms with Crippen molar-refractivity contribution in [2.24, 2.45) is 0 Å². The molecule has 26 heavy (non-hydrogen) atoms. The molecule has 4 rings (SSSR count). The number of carbonyl (C=O) groups is 1. The summed E-state index contributed by atoms with van der Waals surface area (Å²) >= 11 is 6.21. The number of hydrogen-bond donors (Lipinski definition) is 1. The van der Waals surface area contributed by atoms with E-state index in [1.807, 2.05) is 42.4 Å². The van der Waals surface area contributed by atoms with E-state index in [1.54, 1.807) is 10.9 Å². The van der Waals surface area contributed by atoms with Gasteiger partial charge in [0.05, 0.1) is 18.3 Å². The van der Waals surface area contributed by atoms with Crippen LogP contribution in [-0.4, -0.2) is 45.8 Å². The van der Waals surface area contributed by atoms with Gasteiger partial charge >= 0.3 is 0 Å². The summed E-state index contributed by atoms with van der Waals surface area (Å²) in [6, 6.07) is 9.16. The van der Waals surface area contributed by atoms with Gasteiger partial charge in [0, 0.05) is 36.4 Å². The molecule has 2 aliphatic rings. The Bertz CT molecular complexity index is 766. The van der Waals surface area contributed by atoms with E-state index in [1.165, 1.54) is 12.8 Å². The lowest BCUT2D eigenvalue weighted by molar-refractivity contribution is 0.0681. The zero-order valence-corrected chi connectivity index (χ0v) is 16.3. The number of rotatable bonds is 4. The molecular weight excluding hydrogens is 371 g/mol. The highest BCUT2D eigenvalue weighted by Crippen LogP contribution is 2.29. The highest BCUT2D eigenvalue weighted by molar-refractivity contribution is 6.31. The lowest BCUT2D eigenvalue weighted by Gasteiger charge is -2.35. The maximum atomic E-state index is 12.8. The van der Waals surface area contributed by atoms with E-state index in [0.717, 1.165) is 18.4 Å². The Kier molecular flexibility index (Phi) is 5.90. The van der Waals surface area contributed by atoms with Gasteiger partial charge in [0.15, 0.2) is 0 Å². The van der Waals surface area contributed by atoms with E-state index >= 15 is 0 Å². The van der Waals surface area contributed by atoms with Crippen molar-refractivity contribution in [1.82, 2.24) is 20.0 Å². The highest BCUT2D eigenvalue weighted by Gasteiger charge is 2.36. The first-order valence-corrected chi connectivity index (χ1v) is 9.27. The van der Waals surface area contributed by atoms with Crippen molar-refractivity contribution in [3.05, 3.63) is 52.8 Å². The molecule has 2 unspecified atom stereocenters. The van der Waals surface area contributed by atoms with Crippen LogP contribution < -0.4 is 5.32 Å². The molecule has 2 saturated heterocycles. The Hall–Kier alpha value is -1.56. The van der Waals surface area contributed by atoms with Crippen LogP contribution in [0.15, 0.2) is 36.7 Å². The van der Waals surface area contributed by atoms with Crippen LogP contribution in [0.3, 0.4) is 0 Å². The Labute approximate surface area is 165 Å². The fourth-order valence-electron chi connectivity index (χ4n) is 4.07. The number of hydrogen-bond acceptors (Lipinski definition) is 3. The van der Waals surface area contributed by atoms with Crippen LogP contribution in [-0.2, 0) is 6.54 Å². The molecule has 5 nitrogen and oxygen atoms in total. The lowest BCUT2D eigenvalue weighted by atomic mass is 9.98. The number of nitrogens with one attached hydrogen (secondary N) is 1. The average molecular weight is 395 g/mol. The van der Waals surface area contributed by atoms with E-state index in [4.69, 9.17) is 11.6 Å². The van der Waals surface area contributed by atoms with Gasteiger partial charge in [-0.3, -0.25) is 9.48 Å². The van der Waals surface area contributed by atoms with Crippen molar-refractivity contribution >= 4 is 29.9 Å². The summed E-state index contributed by atoms with van der Waals surface area (Å²) in [5, 5.41) is 8.68. The Morgan fingerprint density at radius 3 is 2.69 bits per heavy atom. The van der Waals surface area contributed by atoms with Gasteiger partial charge in [-0.15, -0.1) is 12.4 Å². The summed E-state index contributed by atoms with van der Waals surface area (Å²) in [6.45, 7) is 0.564. The monoisotopic (exact) mass is 394 g/mol. The van der Waals surface area contributed by atoms with Crippen molar-refractivity contribution in [1.29, 1.82) is 0 Å². The van der Waals surface area contributed by atoms with E-state index in [2.05, 4.69) is 10.4 Å². The second-order valence-electron chi connectivity index (χ2n) is 7.20. The van der Waals surface area contributed by atoms with E-state index < -0.39 is 0 Å². The fourth-order valence-corrected chi connectivity index (χ4v) is 4.27. The molecule has 0 radical (unpaired) electrons. The molecule has 2 fully saturated rings. The summed E-state index contributed by atoms with van der Waals surface area (Å²) in [7, 11) is 1.92.